The molecule has 0 aromatic heterocycles. The van der Waals surface area contributed by atoms with Crippen molar-refractivity contribution in [2.75, 3.05) is 0 Å². The van der Waals surface area contributed by atoms with E-state index in [2.05, 4.69) is 62.0 Å². The van der Waals surface area contributed by atoms with Crippen LogP contribution in [0.3, 0.4) is 0 Å². The highest BCUT2D eigenvalue weighted by Crippen LogP contribution is 2.50. The van der Waals surface area contributed by atoms with Crippen LogP contribution in [0.2, 0.25) is 0 Å². The Morgan fingerprint density at radius 3 is 1.81 bits per heavy atom. The summed E-state index contributed by atoms with van der Waals surface area (Å²) in [7, 11) is 0. The minimum atomic E-state index is 0.255. The Bertz CT molecular complexity index is 234. The normalized spacial score (nSPS) is 18.3. The van der Waals surface area contributed by atoms with Gasteiger partial charge in [0, 0.05) is 0 Å². The van der Waals surface area contributed by atoms with E-state index in [1.54, 1.807) is 0 Å². The van der Waals surface area contributed by atoms with Gasteiger partial charge in [-0.3, -0.25) is 0 Å². The van der Waals surface area contributed by atoms with Gasteiger partial charge in [0.25, 0.3) is 0 Å². The van der Waals surface area contributed by atoms with Crippen molar-refractivity contribution in [2.24, 2.45) is 22.7 Å². The zero-order valence-corrected chi connectivity index (χ0v) is 12.8. The van der Waals surface area contributed by atoms with Crippen molar-refractivity contribution in [3.63, 3.8) is 0 Å². The topological polar surface area (TPSA) is 0 Å². The van der Waals surface area contributed by atoms with Crippen molar-refractivity contribution >= 4 is 0 Å². The molecule has 2 unspecified atom stereocenters. The molecule has 16 heavy (non-hydrogen) atoms. The third-order valence-corrected chi connectivity index (χ3v) is 5.19. The summed E-state index contributed by atoms with van der Waals surface area (Å²) < 4.78 is 0. The summed E-state index contributed by atoms with van der Waals surface area (Å²) >= 11 is 0. The molecule has 0 fully saturated rings. The second-order valence-corrected chi connectivity index (χ2v) is 6.78. The molecule has 0 bridgehead atoms. The molecule has 0 heterocycles. The quantitative estimate of drug-likeness (QED) is 0.509. The maximum Gasteiger partial charge on any atom is -0.00682 e. The molecule has 0 amide bonds. The number of hydrogen-bond acceptors (Lipinski definition) is 0. The Morgan fingerprint density at radius 1 is 1.12 bits per heavy atom. The van der Waals surface area contributed by atoms with Crippen LogP contribution in [0.15, 0.2) is 12.2 Å². The second kappa shape index (κ2) is 5.38. The fourth-order valence-corrected chi connectivity index (χ4v) is 2.30. The van der Waals surface area contributed by atoms with Gasteiger partial charge in [0.15, 0.2) is 0 Å². The maximum absolute atomic E-state index is 4.25. The highest BCUT2D eigenvalue weighted by Gasteiger charge is 2.41. The molecule has 0 aliphatic carbocycles. The minimum Gasteiger partial charge on any atom is -0.0996 e. The molecule has 0 nitrogen and oxygen atoms in total. The van der Waals surface area contributed by atoms with Crippen LogP contribution in [0.25, 0.3) is 0 Å². The fraction of sp³-hybridized carbons (Fsp3) is 0.875. The van der Waals surface area contributed by atoms with E-state index in [0.29, 0.717) is 5.41 Å². The lowest BCUT2D eigenvalue weighted by molar-refractivity contribution is 0.0852. The molecular weight excluding hydrogens is 192 g/mol. The van der Waals surface area contributed by atoms with E-state index in [1.807, 2.05) is 0 Å². The number of rotatable bonds is 6. The Hall–Kier alpha value is -0.260. The van der Waals surface area contributed by atoms with Gasteiger partial charge in [-0.25, -0.2) is 0 Å². The molecule has 0 aromatic rings. The first-order chi connectivity index (χ1) is 7.08. The monoisotopic (exact) mass is 224 g/mol. The van der Waals surface area contributed by atoms with Crippen LogP contribution in [0, 0.1) is 22.7 Å². The van der Waals surface area contributed by atoms with Gasteiger partial charge in [-0.1, -0.05) is 67.0 Å². The van der Waals surface area contributed by atoms with Gasteiger partial charge in [0.2, 0.25) is 0 Å². The van der Waals surface area contributed by atoms with Crippen LogP contribution < -0.4 is 0 Å². The van der Waals surface area contributed by atoms with E-state index in [0.717, 1.165) is 11.8 Å². The second-order valence-electron chi connectivity index (χ2n) is 6.78. The highest BCUT2D eigenvalue weighted by molar-refractivity contribution is 5.11. The Kier molecular flexibility index (Phi) is 5.29. The van der Waals surface area contributed by atoms with Crippen molar-refractivity contribution in [3.8, 4) is 0 Å². The molecule has 0 saturated carbocycles. The Balaban J connectivity index is 5.06. The summed E-state index contributed by atoms with van der Waals surface area (Å²) in [6.07, 6.45) is 2.46. The molecule has 0 rings (SSSR count). The molecule has 0 aliphatic heterocycles. The minimum absolute atomic E-state index is 0.255. The average molecular weight is 224 g/mol. The third kappa shape index (κ3) is 3.12. The van der Waals surface area contributed by atoms with Crippen molar-refractivity contribution in [2.45, 2.75) is 68.2 Å². The lowest BCUT2D eigenvalue weighted by Gasteiger charge is -2.47. The molecule has 0 aliphatic rings. The standard InChI is InChI=1S/C16H32/c1-10-15(7,8)16(9,13(4)5)11-14(6)12(2)3/h12,14H,4,10-11H2,1-3,5-9H3. The first-order valence-corrected chi connectivity index (χ1v) is 6.74. The van der Waals surface area contributed by atoms with Crippen LogP contribution in [-0.4, -0.2) is 0 Å². The van der Waals surface area contributed by atoms with Crippen LogP contribution in [0.4, 0.5) is 0 Å². The number of hydrogen-bond donors (Lipinski definition) is 0. The van der Waals surface area contributed by atoms with Crippen molar-refractivity contribution in [1.82, 2.24) is 0 Å². The predicted molar refractivity (Wildman–Crippen MR) is 75.6 cm³/mol. The molecule has 0 spiro atoms. The lowest BCUT2D eigenvalue weighted by atomic mass is 9.58. The summed E-state index contributed by atoms with van der Waals surface area (Å²) in [6.45, 7) is 22.9. The molecule has 0 aromatic carbocycles. The molecule has 0 N–H and O–H groups in total. The van der Waals surface area contributed by atoms with Crippen LogP contribution in [-0.2, 0) is 0 Å². The lowest BCUT2D eigenvalue weighted by Crippen LogP contribution is -2.37. The van der Waals surface area contributed by atoms with Gasteiger partial charge in [0.05, 0.1) is 0 Å². The van der Waals surface area contributed by atoms with Gasteiger partial charge in [-0.2, -0.15) is 0 Å². The van der Waals surface area contributed by atoms with Gasteiger partial charge in [-0.05, 0) is 36.0 Å². The Labute approximate surface area is 104 Å². The average Bonchev–Trinajstić information content (AvgIpc) is 2.16. The van der Waals surface area contributed by atoms with E-state index in [9.17, 15) is 0 Å². The van der Waals surface area contributed by atoms with Crippen LogP contribution >= 0.6 is 0 Å². The van der Waals surface area contributed by atoms with Crippen LogP contribution in [0.1, 0.15) is 68.2 Å². The van der Waals surface area contributed by atoms with Gasteiger partial charge < -0.3 is 0 Å². The van der Waals surface area contributed by atoms with Crippen molar-refractivity contribution in [3.05, 3.63) is 12.2 Å². The van der Waals surface area contributed by atoms with E-state index in [1.165, 1.54) is 18.4 Å². The smallest absolute Gasteiger partial charge is 0.00682 e. The van der Waals surface area contributed by atoms with Crippen molar-refractivity contribution < 1.29 is 0 Å². The fourth-order valence-electron chi connectivity index (χ4n) is 2.30. The summed E-state index contributed by atoms with van der Waals surface area (Å²) in [4.78, 5) is 0. The van der Waals surface area contributed by atoms with Gasteiger partial charge >= 0.3 is 0 Å². The highest BCUT2D eigenvalue weighted by atomic mass is 14.5. The zero-order chi connectivity index (χ0) is 13.1. The molecular formula is C16H32. The largest absolute Gasteiger partial charge is 0.0996 e. The van der Waals surface area contributed by atoms with E-state index >= 15 is 0 Å². The summed E-state index contributed by atoms with van der Waals surface area (Å²) in [5, 5.41) is 0. The van der Waals surface area contributed by atoms with Crippen molar-refractivity contribution in [1.29, 1.82) is 0 Å². The molecule has 96 valence electrons. The molecule has 0 radical (unpaired) electrons. The van der Waals surface area contributed by atoms with E-state index < -0.39 is 0 Å². The van der Waals surface area contributed by atoms with E-state index in [-0.39, 0.29) is 5.41 Å². The predicted octanol–water partition coefficient (Wildman–Crippen LogP) is 5.69. The summed E-state index contributed by atoms with van der Waals surface area (Å²) in [5.41, 5.74) is 1.93. The summed E-state index contributed by atoms with van der Waals surface area (Å²) in [6, 6.07) is 0. The third-order valence-electron chi connectivity index (χ3n) is 5.19. The van der Waals surface area contributed by atoms with Gasteiger partial charge in [0.1, 0.15) is 0 Å². The molecule has 2 atom stereocenters. The first kappa shape index (κ1) is 15.7. The van der Waals surface area contributed by atoms with Crippen LogP contribution in [0.5, 0.6) is 0 Å². The van der Waals surface area contributed by atoms with Gasteiger partial charge in [-0.15, -0.1) is 0 Å². The Morgan fingerprint density at radius 2 is 1.56 bits per heavy atom. The zero-order valence-electron chi connectivity index (χ0n) is 12.8. The first-order valence-electron chi connectivity index (χ1n) is 6.74. The maximum atomic E-state index is 4.25. The SMILES string of the molecule is C=C(C)C(C)(CC(C)C(C)C)C(C)(C)CC. The number of allylic oxidation sites excluding steroid dienone is 1. The summed E-state index contributed by atoms with van der Waals surface area (Å²) in [5.74, 6) is 1.51. The molecule has 0 heteroatoms. The van der Waals surface area contributed by atoms with E-state index in [4.69, 9.17) is 0 Å². The molecule has 0 saturated heterocycles.